The Morgan fingerprint density at radius 2 is 1.75 bits per heavy atom. The number of hydrogen-bond acceptors (Lipinski definition) is 5. The molecule has 28 heavy (non-hydrogen) atoms. The van der Waals surface area contributed by atoms with Gasteiger partial charge in [-0.05, 0) is 35.9 Å². The minimum atomic E-state index is -0.368. The van der Waals surface area contributed by atoms with Crippen LogP contribution in [0.4, 0.5) is 0 Å². The van der Waals surface area contributed by atoms with E-state index in [1.165, 1.54) is 4.90 Å². The highest BCUT2D eigenvalue weighted by atomic mass is 16.5. The molecule has 0 spiro atoms. The molecule has 6 nitrogen and oxygen atoms in total. The van der Waals surface area contributed by atoms with Gasteiger partial charge in [-0.15, -0.1) is 0 Å². The van der Waals surface area contributed by atoms with Gasteiger partial charge in [-0.2, -0.15) is 0 Å². The molecule has 1 N–H and O–H groups in total. The van der Waals surface area contributed by atoms with Crippen LogP contribution in [0.5, 0.6) is 11.5 Å². The highest BCUT2D eigenvalue weighted by Gasteiger charge is 2.14. The molecule has 1 aromatic heterocycles. The smallest absolute Gasteiger partial charge is 0.344 e. The zero-order chi connectivity index (χ0) is 19.3. The fraction of sp³-hybridized carbons (Fsp3) is 0.318. The molecular formula is C22H24NO5+. The van der Waals surface area contributed by atoms with Crippen LogP contribution in [-0.2, 0) is 4.74 Å². The second-order valence-electron chi connectivity index (χ2n) is 6.84. The third-order valence-corrected chi connectivity index (χ3v) is 5.03. The van der Waals surface area contributed by atoms with Gasteiger partial charge in [0.05, 0.1) is 25.9 Å². The summed E-state index contributed by atoms with van der Waals surface area (Å²) < 4.78 is 21.9. The fourth-order valence-electron chi connectivity index (χ4n) is 3.38. The first-order valence-corrected chi connectivity index (χ1v) is 9.49. The van der Waals surface area contributed by atoms with Gasteiger partial charge in [0.25, 0.3) is 0 Å². The molecule has 0 bridgehead atoms. The Bertz CT molecular complexity index is 990. The maximum atomic E-state index is 12.5. The molecular weight excluding hydrogens is 358 g/mol. The Labute approximate surface area is 163 Å². The van der Waals surface area contributed by atoms with E-state index >= 15 is 0 Å². The number of methoxy groups -OCH3 is 1. The minimum absolute atomic E-state index is 0.368. The number of benzene rings is 2. The third-order valence-electron chi connectivity index (χ3n) is 5.03. The second kappa shape index (κ2) is 8.46. The van der Waals surface area contributed by atoms with Crippen LogP contribution in [0.3, 0.4) is 0 Å². The lowest BCUT2D eigenvalue weighted by molar-refractivity contribution is -0.908. The highest BCUT2D eigenvalue weighted by Crippen LogP contribution is 2.25. The van der Waals surface area contributed by atoms with E-state index in [-0.39, 0.29) is 5.63 Å². The van der Waals surface area contributed by atoms with E-state index in [1.54, 1.807) is 13.2 Å². The molecule has 1 fully saturated rings. The molecule has 2 aromatic carbocycles. The molecule has 0 aliphatic carbocycles. The largest absolute Gasteiger partial charge is 0.497 e. The summed E-state index contributed by atoms with van der Waals surface area (Å²) in [6.45, 7) is 5.21. The number of ether oxygens (including phenoxy) is 3. The summed E-state index contributed by atoms with van der Waals surface area (Å²) in [4.78, 5) is 14.0. The van der Waals surface area contributed by atoms with Crippen molar-refractivity contribution in [3.63, 3.8) is 0 Å². The van der Waals surface area contributed by atoms with Gasteiger partial charge in [-0.3, -0.25) is 0 Å². The number of rotatable bonds is 6. The molecule has 4 rings (SSSR count). The van der Waals surface area contributed by atoms with Gasteiger partial charge in [-0.25, -0.2) is 4.79 Å². The molecule has 146 valence electrons. The topological polar surface area (TPSA) is 62.3 Å². The Kier molecular flexibility index (Phi) is 5.60. The van der Waals surface area contributed by atoms with Crippen LogP contribution in [0.1, 0.15) is 0 Å². The van der Waals surface area contributed by atoms with Crippen molar-refractivity contribution in [2.45, 2.75) is 0 Å². The van der Waals surface area contributed by atoms with Crippen LogP contribution in [0, 0.1) is 0 Å². The summed E-state index contributed by atoms with van der Waals surface area (Å²) in [5, 5.41) is 0.858. The molecule has 0 atom stereocenters. The second-order valence-corrected chi connectivity index (χ2v) is 6.84. The number of hydrogen-bond donors (Lipinski definition) is 1. The van der Waals surface area contributed by atoms with Crippen LogP contribution in [0.25, 0.3) is 22.1 Å². The SMILES string of the molecule is COc1ccc(-c2cc3ccc(OCC[NH+]4CCOCC4)cc3oc2=O)cc1. The quantitative estimate of drug-likeness (QED) is 0.659. The minimum Gasteiger partial charge on any atom is -0.497 e. The third kappa shape index (κ3) is 4.18. The lowest BCUT2D eigenvalue weighted by Crippen LogP contribution is -3.14. The molecule has 0 radical (unpaired) electrons. The van der Waals surface area contributed by atoms with Crippen molar-refractivity contribution < 1.29 is 23.5 Å². The van der Waals surface area contributed by atoms with Gasteiger partial charge in [0.2, 0.25) is 0 Å². The van der Waals surface area contributed by atoms with Crippen LogP contribution in [0.2, 0.25) is 0 Å². The Morgan fingerprint density at radius 3 is 2.50 bits per heavy atom. The highest BCUT2D eigenvalue weighted by molar-refractivity contribution is 5.82. The Morgan fingerprint density at radius 1 is 1.00 bits per heavy atom. The van der Waals surface area contributed by atoms with Crippen LogP contribution in [-0.4, -0.2) is 46.6 Å². The van der Waals surface area contributed by atoms with Gasteiger partial charge < -0.3 is 23.5 Å². The molecule has 0 amide bonds. The first-order valence-electron chi connectivity index (χ1n) is 9.49. The van der Waals surface area contributed by atoms with Crippen molar-refractivity contribution in [3.8, 4) is 22.6 Å². The van der Waals surface area contributed by atoms with Crippen molar-refractivity contribution in [3.05, 3.63) is 59.0 Å². The molecule has 3 aromatic rings. The van der Waals surface area contributed by atoms with Crippen molar-refractivity contribution >= 4 is 11.0 Å². The normalized spacial score (nSPS) is 14.9. The zero-order valence-corrected chi connectivity index (χ0v) is 15.9. The van der Waals surface area contributed by atoms with E-state index in [0.29, 0.717) is 23.5 Å². The van der Waals surface area contributed by atoms with Crippen molar-refractivity contribution in [1.29, 1.82) is 0 Å². The molecule has 0 unspecified atom stereocenters. The summed E-state index contributed by atoms with van der Waals surface area (Å²) in [7, 11) is 1.61. The molecule has 1 saturated heterocycles. The molecule has 2 heterocycles. The van der Waals surface area contributed by atoms with Crippen LogP contribution >= 0.6 is 0 Å². The summed E-state index contributed by atoms with van der Waals surface area (Å²) >= 11 is 0. The van der Waals surface area contributed by atoms with Crippen molar-refractivity contribution in [2.24, 2.45) is 0 Å². The maximum Gasteiger partial charge on any atom is 0.344 e. The number of fused-ring (bicyclic) bond motifs is 1. The van der Waals surface area contributed by atoms with Gasteiger partial charge in [0.15, 0.2) is 0 Å². The average Bonchev–Trinajstić information content (AvgIpc) is 2.74. The summed E-state index contributed by atoms with van der Waals surface area (Å²) in [5.41, 5.74) is 1.48. The zero-order valence-electron chi connectivity index (χ0n) is 15.9. The van der Waals surface area contributed by atoms with Crippen molar-refractivity contribution in [1.82, 2.24) is 0 Å². The standard InChI is InChI=1S/C22H23NO5/c1-25-18-5-2-16(3-6-18)20-14-17-4-7-19(15-21(17)28-22(20)24)27-13-10-23-8-11-26-12-9-23/h2-7,14-15H,8-13H2,1H3/p+1. The molecule has 1 aliphatic heterocycles. The average molecular weight is 382 g/mol. The summed E-state index contributed by atoms with van der Waals surface area (Å²) in [5.74, 6) is 1.45. The number of nitrogens with one attached hydrogen (secondary N) is 1. The van der Waals surface area contributed by atoms with E-state index in [4.69, 9.17) is 18.6 Å². The van der Waals surface area contributed by atoms with E-state index in [9.17, 15) is 4.79 Å². The Hall–Kier alpha value is -2.83. The van der Waals surface area contributed by atoms with Gasteiger partial charge >= 0.3 is 5.63 Å². The predicted octanol–water partition coefficient (Wildman–Crippen LogP) is 1.76. The van der Waals surface area contributed by atoms with E-state index in [1.807, 2.05) is 42.5 Å². The fourth-order valence-corrected chi connectivity index (χ4v) is 3.38. The van der Waals surface area contributed by atoms with Crippen LogP contribution < -0.4 is 20.0 Å². The lowest BCUT2D eigenvalue weighted by Gasteiger charge is -2.23. The first kappa shape index (κ1) is 18.5. The Balaban J connectivity index is 1.49. The van der Waals surface area contributed by atoms with Gasteiger partial charge in [0.1, 0.15) is 43.3 Å². The van der Waals surface area contributed by atoms with E-state index in [2.05, 4.69) is 0 Å². The summed E-state index contributed by atoms with van der Waals surface area (Å²) in [6, 6.07) is 14.8. The van der Waals surface area contributed by atoms with E-state index < -0.39 is 0 Å². The molecule has 6 heteroatoms. The molecule has 0 saturated carbocycles. The number of morpholine rings is 1. The molecule has 1 aliphatic rings. The summed E-state index contributed by atoms with van der Waals surface area (Å²) in [6.07, 6.45) is 0. The van der Waals surface area contributed by atoms with Gasteiger partial charge in [0, 0.05) is 11.5 Å². The number of quaternary nitrogens is 1. The van der Waals surface area contributed by atoms with Gasteiger partial charge in [-0.1, -0.05) is 12.1 Å². The lowest BCUT2D eigenvalue weighted by atomic mass is 10.1. The van der Waals surface area contributed by atoms with Crippen molar-refractivity contribution in [2.75, 3.05) is 46.6 Å². The first-order chi connectivity index (χ1) is 13.7. The van der Waals surface area contributed by atoms with E-state index in [0.717, 1.165) is 49.5 Å². The maximum absolute atomic E-state index is 12.5. The monoisotopic (exact) mass is 382 g/mol. The van der Waals surface area contributed by atoms with Crippen LogP contribution in [0.15, 0.2) is 57.7 Å². The predicted molar refractivity (Wildman–Crippen MR) is 106 cm³/mol.